The van der Waals surface area contributed by atoms with Crippen molar-refractivity contribution >= 4 is 17.7 Å². The number of aromatic nitrogens is 3. The molecule has 0 aliphatic carbocycles. The summed E-state index contributed by atoms with van der Waals surface area (Å²) >= 11 is 0. The molecule has 2 aliphatic heterocycles. The number of nitrogens with zero attached hydrogens (tertiary/aromatic N) is 5. The molecule has 142 valence electrons. The number of carbonyl (C=O) groups is 1. The Bertz CT molecular complexity index is 808. The Labute approximate surface area is 158 Å². The van der Waals surface area contributed by atoms with Crippen LogP contribution >= 0.6 is 0 Å². The van der Waals surface area contributed by atoms with Gasteiger partial charge in [0.25, 0.3) is 0 Å². The number of hydrogen-bond acceptors (Lipinski definition) is 6. The van der Waals surface area contributed by atoms with Crippen LogP contribution in [0.2, 0.25) is 0 Å². The van der Waals surface area contributed by atoms with E-state index in [2.05, 4.69) is 25.2 Å². The first-order chi connectivity index (χ1) is 13.2. The zero-order valence-corrected chi connectivity index (χ0v) is 15.5. The van der Waals surface area contributed by atoms with Gasteiger partial charge in [-0.2, -0.15) is 0 Å². The van der Waals surface area contributed by atoms with Crippen LogP contribution in [0.4, 0.5) is 16.4 Å². The van der Waals surface area contributed by atoms with Crippen molar-refractivity contribution in [2.45, 2.75) is 25.9 Å². The van der Waals surface area contributed by atoms with Crippen molar-refractivity contribution in [3.05, 3.63) is 42.0 Å². The molecule has 8 nitrogen and oxygen atoms in total. The highest BCUT2D eigenvalue weighted by Gasteiger charge is 2.27. The maximum absolute atomic E-state index is 12.6. The van der Waals surface area contributed by atoms with Crippen molar-refractivity contribution in [3.8, 4) is 0 Å². The summed E-state index contributed by atoms with van der Waals surface area (Å²) in [5.41, 5.74) is 2.52. The monoisotopic (exact) mass is 368 g/mol. The Kier molecular flexibility index (Phi) is 5.15. The summed E-state index contributed by atoms with van der Waals surface area (Å²) in [5.74, 6) is 0.751. The molecule has 0 saturated carbocycles. The predicted octanol–water partition coefficient (Wildman–Crippen LogP) is 2.39. The van der Waals surface area contributed by atoms with Gasteiger partial charge in [0.05, 0.1) is 30.7 Å². The number of ether oxygens (including phenoxy) is 1. The molecule has 1 atom stereocenters. The normalized spacial score (nSPS) is 20.0. The standard InChI is InChI=1S/C19H24N6O2/c1-14-10-15(12-20-11-14)22-19(26)25-8-9-27-17(13-25)16-4-5-21-18(23-16)24-6-2-3-7-24/h4-5,10-12,17H,2-3,6-9,13H2,1H3,(H,22,26)/t17-/m1/s1. The predicted molar refractivity (Wildman–Crippen MR) is 102 cm³/mol. The third-order valence-corrected chi connectivity index (χ3v) is 4.86. The quantitative estimate of drug-likeness (QED) is 0.896. The SMILES string of the molecule is Cc1cncc(NC(=O)N2CCO[C@@H](c3ccnc(N4CCCC4)n3)C2)c1. The lowest BCUT2D eigenvalue weighted by molar-refractivity contribution is -0.0157. The lowest BCUT2D eigenvalue weighted by Gasteiger charge is -2.32. The molecule has 0 bridgehead atoms. The van der Waals surface area contributed by atoms with Gasteiger partial charge in [0.2, 0.25) is 5.95 Å². The van der Waals surface area contributed by atoms with Crippen molar-refractivity contribution in [1.82, 2.24) is 19.9 Å². The van der Waals surface area contributed by atoms with E-state index in [4.69, 9.17) is 4.74 Å². The molecule has 2 aliphatic rings. The molecule has 4 rings (SSSR count). The number of urea groups is 1. The number of anilines is 2. The number of rotatable bonds is 3. The van der Waals surface area contributed by atoms with Crippen molar-refractivity contribution in [2.75, 3.05) is 43.0 Å². The molecule has 2 saturated heterocycles. The highest BCUT2D eigenvalue weighted by Crippen LogP contribution is 2.23. The fraction of sp³-hybridized carbons (Fsp3) is 0.474. The Hall–Kier alpha value is -2.74. The van der Waals surface area contributed by atoms with Gasteiger partial charge < -0.3 is 19.9 Å². The molecule has 4 heterocycles. The zero-order chi connectivity index (χ0) is 18.6. The van der Waals surface area contributed by atoms with Crippen LogP contribution in [0, 0.1) is 6.92 Å². The van der Waals surface area contributed by atoms with Gasteiger partial charge in [-0.3, -0.25) is 4.98 Å². The fourth-order valence-electron chi connectivity index (χ4n) is 3.45. The van der Waals surface area contributed by atoms with E-state index in [0.717, 1.165) is 30.3 Å². The Morgan fingerprint density at radius 1 is 1.26 bits per heavy atom. The molecule has 2 aromatic rings. The number of aryl methyl sites for hydroxylation is 1. The van der Waals surface area contributed by atoms with E-state index in [1.165, 1.54) is 12.8 Å². The van der Waals surface area contributed by atoms with Gasteiger partial charge in [0, 0.05) is 32.0 Å². The van der Waals surface area contributed by atoms with Crippen LogP contribution in [0.1, 0.15) is 30.2 Å². The number of nitrogens with one attached hydrogen (secondary N) is 1. The molecule has 8 heteroatoms. The van der Waals surface area contributed by atoms with Crippen molar-refractivity contribution in [2.24, 2.45) is 0 Å². The smallest absolute Gasteiger partial charge is 0.322 e. The summed E-state index contributed by atoms with van der Waals surface area (Å²) in [5, 5.41) is 2.91. The molecule has 27 heavy (non-hydrogen) atoms. The lowest BCUT2D eigenvalue weighted by Crippen LogP contribution is -2.44. The molecule has 0 radical (unpaired) electrons. The molecule has 0 aromatic carbocycles. The Morgan fingerprint density at radius 2 is 2.11 bits per heavy atom. The number of morpholine rings is 1. The first kappa shape index (κ1) is 17.7. The maximum atomic E-state index is 12.6. The second kappa shape index (κ2) is 7.87. The summed E-state index contributed by atoms with van der Waals surface area (Å²) in [7, 11) is 0. The Balaban J connectivity index is 1.43. The average Bonchev–Trinajstić information content (AvgIpc) is 3.23. The summed E-state index contributed by atoms with van der Waals surface area (Å²) in [4.78, 5) is 29.8. The lowest BCUT2D eigenvalue weighted by atomic mass is 10.2. The summed E-state index contributed by atoms with van der Waals surface area (Å²) in [6, 6.07) is 3.62. The summed E-state index contributed by atoms with van der Waals surface area (Å²) in [6.07, 6.45) is 7.29. The highest BCUT2D eigenvalue weighted by molar-refractivity contribution is 5.89. The third kappa shape index (κ3) is 4.16. The first-order valence-electron chi connectivity index (χ1n) is 9.36. The van der Waals surface area contributed by atoms with Crippen LogP contribution in [0.15, 0.2) is 30.7 Å². The van der Waals surface area contributed by atoms with Gasteiger partial charge in [-0.05, 0) is 37.5 Å². The van der Waals surface area contributed by atoms with Gasteiger partial charge in [-0.15, -0.1) is 0 Å². The Morgan fingerprint density at radius 3 is 2.93 bits per heavy atom. The molecule has 0 unspecified atom stereocenters. The summed E-state index contributed by atoms with van der Waals surface area (Å²) in [6.45, 7) is 5.42. The molecule has 0 spiro atoms. The molecule has 2 amide bonds. The maximum Gasteiger partial charge on any atom is 0.322 e. The van der Waals surface area contributed by atoms with E-state index >= 15 is 0 Å². The minimum Gasteiger partial charge on any atom is -0.368 e. The second-order valence-electron chi connectivity index (χ2n) is 6.96. The number of hydrogen-bond donors (Lipinski definition) is 1. The van der Waals surface area contributed by atoms with E-state index in [0.29, 0.717) is 25.4 Å². The minimum absolute atomic E-state index is 0.149. The van der Waals surface area contributed by atoms with Crippen molar-refractivity contribution < 1.29 is 9.53 Å². The van der Waals surface area contributed by atoms with Gasteiger partial charge >= 0.3 is 6.03 Å². The van der Waals surface area contributed by atoms with Crippen LogP contribution in [0.5, 0.6) is 0 Å². The highest BCUT2D eigenvalue weighted by atomic mass is 16.5. The first-order valence-corrected chi connectivity index (χ1v) is 9.36. The molecular formula is C19H24N6O2. The molecule has 1 N–H and O–H groups in total. The van der Waals surface area contributed by atoms with Gasteiger partial charge in [-0.25, -0.2) is 14.8 Å². The zero-order valence-electron chi connectivity index (χ0n) is 15.5. The van der Waals surface area contributed by atoms with E-state index in [9.17, 15) is 4.79 Å². The van der Waals surface area contributed by atoms with E-state index in [1.807, 2.05) is 19.1 Å². The van der Waals surface area contributed by atoms with E-state index in [-0.39, 0.29) is 12.1 Å². The largest absolute Gasteiger partial charge is 0.368 e. The van der Waals surface area contributed by atoms with Crippen LogP contribution in [-0.4, -0.2) is 58.7 Å². The van der Waals surface area contributed by atoms with Crippen LogP contribution in [0.3, 0.4) is 0 Å². The van der Waals surface area contributed by atoms with Gasteiger partial charge in [0.15, 0.2) is 0 Å². The van der Waals surface area contributed by atoms with E-state index in [1.54, 1.807) is 23.5 Å². The van der Waals surface area contributed by atoms with Crippen molar-refractivity contribution in [3.63, 3.8) is 0 Å². The van der Waals surface area contributed by atoms with Gasteiger partial charge in [-0.1, -0.05) is 0 Å². The van der Waals surface area contributed by atoms with Gasteiger partial charge in [0.1, 0.15) is 6.10 Å². The number of carbonyl (C=O) groups excluding carboxylic acids is 1. The molecule has 2 fully saturated rings. The van der Waals surface area contributed by atoms with Crippen LogP contribution in [0.25, 0.3) is 0 Å². The second-order valence-corrected chi connectivity index (χ2v) is 6.96. The summed E-state index contributed by atoms with van der Waals surface area (Å²) < 4.78 is 5.89. The van der Waals surface area contributed by atoms with Crippen molar-refractivity contribution in [1.29, 1.82) is 0 Å². The van der Waals surface area contributed by atoms with E-state index < -0.39 is 0 Å². The fourth-order valence-corrected chi connectivity index (χ4v) is 3.45. The third-order valence-electron chi connectivity index (χ3n) is 4.86. The average molecular weight is 368 g/mol. The van der Waals surface area contributed by atoms with Crippen LogP contribution < -0.4 is 10.2 Å². The van der Waals surface area contributed by atoms with Crippen LogP contribution in [-0.2, 0) is 4.74 Å². The molecule has 2 aromatic heterocycles. The minimum atomic E-state index is -0.246. The number of pyridine rings is 1. The topological polar surface area (TPSA) is 83.5 Å². The number of amides is 2. The molecular weight excluding hydrogens is 344 g/mol.